The number of hydrogen-bond acceptors (Lipinski definition) is 2. The van der Waals surface area contributed by atoms with Gasteiger partial charge in [0.15, 0.2) is 5.78 Å². The lowest BCUT2D eigenvalue weighted by Gasteiger charge is -2.53. The van der Waals surface area contributed by atoms with Crippen molar-refractivity contribution in [3.05, 3.63) is 40.4 Å². The van der Waals surface area contributed by atoms with Gasteiger partial charge in [0.05, 0.1) is 5.60 Å². The van der Waals surface area contributed by atoms with E-state index in [9.17, 15) is 4.79 Å². The van der Waals surface area contributed by atoms with Crippen molar-refractivity contribution < 1.29 is 9.53 Å². The van der Waals surface area contributed by atoms with Crippen molar-refractivity contribution in [2.24, 2.45) is 5.92 Å². The first-order valence-electron chi connectivity index (χ1n) is 7.04. The Balaban J connectivity index is 2.04. The van der Waals surface area contributed by atoms with Crippen LogP contribution in [0.2, 0.25) is 5.02 Å². The molecule has 1 aromatic rings. The Bertz CT molecular complexity index is 586. The van der Waals surface area contributed by atoms with E-state index < -0.39 is 5.60 Å². The van der Waals surface area contributed by atoms with Gasteiger partial charge in [0.2, 0.25) is 0 Å². The second-order valence-electron chi connectivity index (χ2n) is 6.51. The number of rotatable bonds is 1. The molecular formula is C17H19ClO2. The van der Waals surface area contributed by atoms with E-state index in [0.717, 1.165) is 24.0 Å². The summed E-state index contributed by atoms with van der Waals surface area (Å²) >= 11 is 5.91. The molecule has 3 heteroatoms. The van der Waals surface area contributed by atoms with Gasteiger partial charge in [0, 0.05) is 16.5 Å². The molecule has 1 aromatic carbocycles. The molecule has 2 aliphatic heterocycles. The van der Waals surface area contributed by atoms with Gasteiger partial charge in [-0.3, -0.25) is 4.79 Å². The molecule has 3 aliphatic rings. The van der Waals surface area contributed by atoms with E-state index >= 15 is 0 Å². The highest BCUT2D eigenvalue weighted by atomic mass is 35.5. The molecule has 4 rings (SSSR count). The van der Waals surface area contributed by atoms with Gasteiger partial charge in [-0.05, 0) is 57.4 Å². The molecule has 2 atom stereocenters. The minimum atomic E-state index is -0.656. The third kappa shape index (κ3) is 2.11. The molecule has 0 spiro atoms. The quantitative estimate of drug-likeness (QED) is 0.722. The number of halogens is 1. The average molecular weight is 291 g/mol. The molecule has 0 radical (unpaired) electrons. The Hall–Kier alpha value is -1.12. The summed E-state index contributed by atoms with van der Waals surface area (Å²) in [4.78, 5) is 12.6. The van der Waals surface area contributed by atoms with Gasteiger partial charge >= 0.3 is 0 Å². The van der Waals surface area contributed by atoms with Crippen LogP contribution in [-0.4, -0.2) is 17.0 Å². The highest BCUT2D eigenvalue weighted by Gasteiger charge is 2.56. The van der Waals surface area contributed by atoms with E-state index in [1.165, 1.54) is 0 Å². The van der Waals surface area contributed by atoms with Crippen LogP contribution in [0.4, 0.5) is 0 Å². The van der Waals surface area contributed by atoms with Crippen molar-refractivity contribution in [1.29, 1.82) is 0 Å². The van der Waals surface area contributed by atoms with Crippen LogP contribution in [0.3, 0.4) is 0 Å². The van der Waals surface area contributed by atoms with Crippen LogP contribution in [0.5, 0.6) is 0 Å². The smallest absolute Gasteiger partial charge is 0.190 e. The van der Waals surface area contributed by atoms with Crippen molar-refractivity contribution in [3.63, 3.8) is 0 Å². The summed E-state index contributed by atoms with van der Waals surface area (Å²) in [6, 6.07) is 7.59. The summed E-state index contributed by atoms with van der Waals surface area (Å²) in [5.74, 6) is 0.315. The van der Waals surface area contributed by atoms with Gasteiger partial charge in [-0.1, -0.05) is 23.7 Å². The van der Waals surface area contributed by atoms with E-state index in [1.807, 2.05) is 37.3 Å². The van der Waals surface area contributed by atoms with Crippen molar-refractivity contribution in [2.75, 3.05) is 0 Å². The zero-order valence-electron chi connectivity index (χ0n) is 12.1. The zero-order valence-corrected chi connectivity index (χ0v) is 12.8. The Morgan fingerprint density at radius 3 is 2.50 bits per heavy atom. The summed E-state index contributed by atoms with van der Waals surface area (Å²) in [6.07, 6.45) is 3.83. The van der Waals surface area contributed by atoms with Gasteiger partial charge in [0.1, 0.15) is 5.60 Å². The van der Waals surface area contributed by atoms with E-state index in [1.54, 1.807) is 0 Å². The van der Waals surface area contributed by atoms with Gasteiger partial charge in [-0.15, -0.1) is 0 Å². The first-order chi connectivity index (χ1) is 9.32. The number of ether oxygens (including phenoxy) is 1. The number of Topliss-reactive ketones (excluding diaryl/α,β-unsaturated/α-hetero) is 1. The minimum Gasteiger partial charge on any atom is -0.361 e. The summed E-state index contributed by atoms with van der Waals surface area (Å²) in [6.45, 7) is 6.08. The highest BCUT2D eigenvalue weighted by Crippen LogP contribution is 2.50. The predicted octanol–water partition coefficient (Wildman–Crippen LogP) is 4.27. The lowest BCUT2D eigenvalue weighted by atomic mass is 9.65. The number of carbonyl (C=O) groups excluding carboxylic acids is 1. The molecule has 2 saturated heterocycles. The maximum absolute atomic E-state index is 12.6. The third-order valence-corrected chi connectivity index (χ3v) is 4.80. The van der Waals surface area contributed by atoms with E-state index in [2.05, 4.69) is 13.8 Å². The lowest BCUT2D eigenvalue weighted by Crippen LogP contribution is -2.60. The SMILES string of the molecule is CC12CCC(/C(=C\c3ccc(Cl)cc3)C1=O)C(C)(C)O2. The van der Waals surface area contributed by atoms with E-state index in [0.29, 0.717) is 5.02 Å². The monoisotopic (exact) mass is 290 g/mol. The number of fused-ring (bicyclic) bond motifs is 3. The molecule has 20 heavy (non-hydrogen) atoms. The minimum absolute atomic E-state index is 0.142. The fourth-order valence-electron chi connectivity index (χ4n) is 3.53. The molecule has 2 heterocycles. The van der Waals surface area contributed by atoms with Gasteiger partial charge < -0.3 is 4.74 Å². The molecule has 1 saturated carbocycles. The molecule has 2 bridgehead atoms. The Kier molecular flexibility index (Phi) is 3.07. The van der Waals surface area contributed by atoms with Crippen molar-refractivity contribution in [3.8, 4) is 0 Å². The van der Waals surface area contributed by atoms with Crippen molar-refractivity contribution in [2.45, 2.75) is 44.8 Å². The van der Waals surface area contributed by atoms with Crippen LogP contribution < -0.4 is 0 Å². The Morgan fingerprint density at radius 2 is 1.90 bits per heavy atom. The maximum Gasteiger partial charge on any atom is 0.190 e. The predicted molar refractivity (Wildman–Crippen MR) is 80.7 cm³/mol. The fraction of sp³-hybridized carbons (Fsp3) is 0.471. The Morgan fingerprint density at radius 1 is 1.25 bits per heavy atom. The fourth-order valence-corrected chi connectivity index (χ4v) is 3.65. The number of ketones is 1. The molecule has 2 unspecified atom stereocenters. The third-order valence-electron chi connectivity index (χ3n) is 4.55. The average Bonchev–Trinajstić information content (AvgIpc) is 2.36. The molecule has 0 N–H and O–H groups in total. The molecule has 3 fully saturated rings. The van der Waals surface area contributed by atoms with Crippen molar-refractivity contribution >= 4 is 23.5 Å². The first-order valence-corrected chi connectivity index (χ1v) is 7.42. The summed E-state index contributed by atoms with van der Waals surface area (Å²) in [7, 11) is 0. The number of hydrogen-bond donors (Lipinski definition) is 0. The summed E-state index contributed by atoms with van der Waals surface area (Å²) in [5.41, 5.74) is 0.984. The molecule has 0 amide bonds. The van der Waals surface area contributed by atoms with Gasteiger partial charge in [0.25, 0.3) is 0 Å². The normalized spacial score (nSPS) is 33.7. The van der Waals surface area contributed by atoms with Crippen LogP contribution in [0.1, 0.15) is 39.2 Å². The van der Waals surface area contributed by atoms with Crippen LogP contribution in [-0.2, 0) is 9.53 Å². The lowest BCUT2D eigenvalue weighted by molar-refractivity contribution is -0.206. The van der Waals surface area contributed by atoms with E-state index in [-0.39, 0.29) is 17.3 Å². The Labute approximate surface area is 124 Å². The van der Waals surface area contributed by atoms with Gasteiger partial charge in [-0.2, -0.15) is 0 Å². The number of benzene rings is 1. The standard InChI is InChI=1S/C17H19ClO2/c1-16(2)14-8-9-17(3,20-16)15(19)13(14)10-11-4-6-12(18)7-5-11/h4-7,10,14H,8-9H2,1-3H3/b13-10+. The number of carbonyl (C=O) groups is 1. The van der Waals surface area contributed by atoms with Crippen LogP contribution in [0.15, 0.2) is 29.8 Å². The van der Waals surface area contributed by atoms with Crippen LogP contribution >= 0.6 is 11.6 Å². The summed E-state index contributed by atoms with van der Waals surface area (Å²) in [5, 5.41) is 0.708. The van der Waals surface area contributed by atoms with Crippen LogP contribution in [0, 0.1) is 5.92 Å². The van der Waals surface area contributed by atoms with Crippen LogP contribution in [0.25, 0.3) is 6.08 Å². The highest BCUT2D eigenvalue weighted by molar-refractivity contribution is 6.30. The molecule has 106 valence electrons. The topological polar surface area (TPSA) is 26.3 Å². The van der Waals surface area contributed by atoms with Gasteiger partial charge in [-0.25, -0.2) is 0 Å². The second-order valence-corrected chi connectivity index (χ2v) is 6.94. The first kappa shape index (κ1) is 13.8. The largest absolute Gasteiger partial charge is 0.361 e. The molecule has 1 aliphatic carbocycles. The molecular weight excluding hydrogens is 272 g/mol. The van der Waals surface area contributed by atoms with Crippen molar-refractivity contribution in [1.82, 2.24) is 0 Å². The molecule has 0 aromatic heterocycles. The molecule has 2 nitrogen and oxygen atoms in total. The second kappa shape index (κ2) is 4.44. The zero-order chi connectivity index (χ0) is 14.5. The van der Waals surface area contributed by atoms with E-state index in [4.69, 9.17) is 16.3 Å². The maximum atomic E-state index is 12.6. The summed E-state index contributed by atoms with van der Waals surface area (Å²) < 4.78 is 6.05.